The Labute approximate surface area is 127 Å². The number of nitrogens with zero attached hydrogens (tertiary/aromatic N) is 4. The maximum atomic E-state index is 11.1. The fourth-order valence-electron chi connectivity index (χ4n) is 2.53. The fourth-order valence-corrected chi connectivity index (χ4v) is 2.53. The summed E-state index contributed by atoms with van der Waals surface area (Å²) in [6.07, 6.45) is 5.30. The Morgan fingerprint density at radius 1 is 1.36 bits per heavy atom. The molecule has 0 unspecified atom stereocenters. The first kappa shape index (κ1) is 14.1. The van der Waals surface area contributed by atoms with E-state index in [2.05, 4.69) is 10.1 Å². The smallest absolute Gasteiger partial charge is 0.331 e. The molecule has 22 heavy (non-hydrogen) atoms. The van der Waals surface area contributed by atoms with Gasteiger partial charge in [0.2, 0.25) is 0 Å². The highest BCUT2D eigenvalue weighted by molar-refractivity contribution is 5.92. The van der Waals surface area contributed by atoms with Crippen LogP contribution in [0.2, 0.25) is 0 Å². The van der Waals surface area contributed by atoms with Crippen LogP contribution in [0.25, 0.3) is 22.9 Å². The van der Waals surface area contributed by atoms with Crippen LogP contribution >= 0.6 is 0 Å². The van der Waals surface area contributed by atoms with Gasteiger partial charge in [-0.1, -0.05) is 0 Å². The highest BCUT2D eigenvalue weighted by Crippen LogP contribution is 2.25. The van der Waals surface area contributed by atoms with Gasteiger partial charge in [-0.25, -0.2) is 9.78 Å². The molecule has 0 radical (unpaired) electrons. The van der Waals surface area contributed by atoms with Gasteiger partial charge in [-0.3, -0.25) is 9.25 Å². The Kier molecular flexibility index (Phi) is 3.29. The lowest BCUT2D eigenvalue weighted by atomic mass is 10.1. The molecule has 0 aliphatic carbocycles. The number of hydrogen-bond donors (Lipinski definition) is 1. The Hall–Kier alpha value is -2.89. The van der Waals surface area contributed by atoms with Crippen molar-refractivity contribution in [3.63, 3.8) is 0 Å². The largest absolute Gasteiger partial charge is 0.478 e. The van der Waals surface area contributed by atoms with Gasteiger partial charge in [0.25, 0.3) is 0 Å². The van der Waals surface area contributed by atoms with Crippen molar-refractivity contribution in [2.24, 2.45) is 7.05 Å². The Balaban J connectivity index is 2.28. The van der Waals surface area contributed by atoms with Gasteiger partial charge in [0.15, 0.2) is 0 Å². The first-order valence-corrected chi connectivity index (χ1v) is 6.86. The van der Waals surface area contributed by atoms with Gasteiger partial charge >= 0.3 is 5.97 Å². The number of pyridine rings is 1. The van der Waals surface area contributed by atoms with Gasteiger partial charge < -0.3 is 5.11 Å². The average molecular weight is 296 g/mol. The summed E-state index contributed by atoms with van der Waals surface area (Å²) in [6, 6.07) is 5.85. The monoisotopic (exact) mass is 296 g/mol. The molecule has 0 aliphatic rings. The summed E-state index contributed by atoms with van der Waals surface area (Å²) in [5.41, 5.74) is 2.64. The zero-order valence-corrected chi connectivity index (χ0v) is 12.6. The number of carboxylic acid groups (broad SMARTS) is 1. The summed E-state index contributed by atoms with van der Waals surface area (Å²) in [6.45, 7) is 3.44. The number of rotatable bonds is 3. The van der Waals surface area contributed by atoms with Crippen molar-refractivity contribution in [3.8, 4) is 5.82 Å². The Morgan fingerprint density at radius 2 is 2.14 bits per heavy atom. The van der Waals surface area contributed by atoms with Gasteiger partial charge in [0.05, 0.1) is 5.69 Å². The van der Waals surface area contributed by atoms with Crippen LogP contribution in [-0.2, 0) is 11.8 Å². The first-order chi connectivity index (χ1) is 10.5. The van der Waals surface area contributed by atoms with E-state index in [1.54, 1.807) is 23.9 Å². The molecule has 0 bridgehead atoms. The van der Waals surface area contributed by atoms with Gasteiger partial charge in [-0.05, 0) is 38.1 Å². The summed E-state index contributed by atoms with van der Waals surface area (Å²) >= 11 is 0. The van der Waals surface area contributed by atoms with E-state index in [-0.39, 0.29) is 5.57 Å². The third-order valence-electron chi connectivity index (χ3n) is 3.61. The topological polar surface area (TPSA) is 72.9 Å². The van der Waals surface area contributed by atoms with Gasteiger partial charge in [-0.15, -0.1) is 0 Å². The lowest BCUT2D eigenvalue weighted by Gasteiger charge is -2.07. The maximum Gasteiger partial charge on any atom is 0.331 e. The summed E-state index contributed by atoms with van der Waals surface area (Å²) < 4.78 is 3.67. The van der Waals surface area contributed by atoms with Crippen molar-refractivity contribution in [3.05, 3.63) is 47.4 Å². The second kappa shape index (κ2) is 5.14. The van der Waals surface area contributed by atoms with Crippen molar-refractivity contribution < 1.29 is 9.90 Å². The van der Waals surface area contributed by atoms with Crippen LogP contribution in [0.15, 0.2) is 36.2 Å². The molecular formula is C16H16N4O2. The van der Waals surface area contributed by atoms with E-state index < -0.39 is 5.97 Å². The van der Waals surface area contributed by atoms with E-state index in [1.165, 1.54) is 0 Å². The van der Waals surface area contributed by atoms with Crippen LogP contribution < -0.4 is 0 Å². The number of aliphatic carboxylic acids is 1. The summed E-state index contributed by atoms with van der Waals surface area (Å²) in [4.78, 5) is 15.5. The predicted octanol–water partition coefficient (Wildman–Crippen LogP) is 2.56. The van der Waals surface area contributed by atoms with Crippen LogP contribution in [0.3, 0.4) is 0 Å². The predicted molar refractivity (Wildman–Crippen MR) is 83.9 cm³/mol. The highest BCUT2D eigenvalue weighted by atomic mass is 16.4. The Morgan fingerprint density at radius 3 is 2.86 bits per heavy atom. The van der Waals surface area contributed by atoms with E-state index >= 15 is 0 Å². The minimum atomic E-state index is -0.940. The number of hydrogen-bond acceptors (Lipinski definition) is 3. The van der Waals surface area contributed by atoms with E-state index in [9.17, 15) is 4.79 Å². The molecule has 0 atom stereocenters. The molecule has 6 nitrogen and oxygen atoms in total. The van der Waals surface area contributed by atoms with Crippen molar-refractivity contribution in [1.82, 2.24) is 19.3 Å². The molecule has 0 amide bonds. The number of carbonyl (C=O) groups is 1. The molecule has 0 spiro atoms. The first-order valence-electron chi connectivity index (χ1n) is 6.86. The van der Waals surface area contributed by atoms with Crippen LogP contribution in [0, 0.1) is 6.92 Å². The molecule has 0 aromatic carbocycles. The zero-order valence-electron chi connectivity index (χ0n) is 12.6. The van der Waals surface area contributed by atoms with E-state index in [0.717, 1.165) is 28.1 Å². The van der Waals surface area contributed by atoms with E-state index in [0.29, 0.717) is 0 Å². The zero-order chi connectivity index (χ0) is 15.9. The molecule has 3 aromatic heterocycles. The van der Waals surface area contributed by atoms with E-state index in [1.807, 2.05) is 42.9 Å². The molecule has 3 rings (SSSR count). The molecule has 3 heterocycles. The van der Waals surface area contributed by atoms with Gasteiger partial charge in [-0.2, -0.15) is 5.10 Å². The molecule has 6 heteroatoms. The molecule has 0 saturated carbocycles. The fraction of sp³-hybridized carbons (Fsp3) is 0.188. The van der Waals surface area contributed by atoms with Crippen molar-refractivity contribution >= 4 is 23.1 Å². The molecular weight excluding hydrogens is 280 g/mol. The average Bonchev–Trinajstić information content (AvgIpc) is 3.00. The van der Waals surface area contributed by atoms with E-state index in [4.69, 9.17) is 5.11 Å². The third-order valence-corrected chi connectivity index (χ3v) is 3.61. The minimum absolute atomic E-state index is 0.266. The second-order valence-electron chi connectivity index (χ2n) is 5.18. The normalized spacial score (nSPS) is 12.0. The van der Waals surface area contributed by atoms with Crippen LogP contribution in [0.1, 0.15) is 18.2 Å². The molecule has 112 valence electrons. The lowest BCUT2D eigenvalue weighted by Crippen LogP contribution is -2.04. The minimum Gasteiger partial charge on any atom is -0.478 e. The molecule has 3 aromatic rings. The van der Waals surface area contributed by atoms with Crippen LogP contribution in [0.4, 0.5) is 0 Å². The SMILES string of the molecule is C/C(=C\c1c(C)nn(C)c1-n1ccc2cccnc21)C(=O)O. The molecule has 1 N–H and O–H groups in total. The summed E-state index contributed by atoms with van der Waals surface area (Å²) in [5.74, 6) is -0.142. The maximum absolute atomic E-state index is 11.1. The van der Waals surface area contributed by atoms with Crippen LogP contribution in [-0.4, -0.2) is 30.4 Å². The third kappa shape index (κ3) is 2.18. The number of aromatic nitrogens is 4. The standard InChI is InChI=1S/C16H16N4O2/c1-10(16(21)22)9-13-11(2)18-19(3)15(13)20-8-6-12-5-4-7-17-14(12)20/h4-9H,1-3H3,(H,21,22)/b10-9+. The molecule has 0 fully saturated rings. The lowest BCUT2D eigenvalue weighted by molar-refractivity contribution is -0.132. The van der Waals surface area contributed by atoms with Crippen molar-refractivity contribution in [2.45, 2.75) is 13.8 Å². The van der Waals surface area contributed by atoms with Crippen molar-refractivity contribution in [1.29, 1.82) is 0 Å². The number of fused-ring (bicyclic) bond motifs is 1. The van der Waals surface area contributed by atoms with Crippen LogP contribution in [0.5, 0.6) is 0 Å². The summed E-state index contributed by atoms with van der Waals surface area (Å²) in [7, 11) is 1.84. The highest BCUT2D eigenvalue weighted by Gasteiger charge is 2.16. The quantitative estimate of drug-likeness (QED) is 0.754. The van der Waals surface area contributed by atoms with Crippen molar-refractivity contribution in [2.75, 3.05) is 0 Å². The van der Waals surface area contributed by atoms with Gasteiger partial charge in [0.1, 0.15) is 11.5 Å². The molecule has 0 saturated heterocycles. The number of carboxylic acids is 1. The molecule has 0 aliphatic heterocycles. The Bertz CT molecular complexity index is 902. The second-order valence-corrected chi connectivity index (χ2v) is 5.18. The van der Waals surface area contributed by atoms with Gasteiger partial charge in [0, 0.05) is 36.0 Å². The number of aryl methyl sites for hydroxylation is 2. The summed E-state index contributed by atoms with van der Waals surface area (Å²) in [5, 5.41) is 14.6.